The molecule has 0 spiro atoms. The van der Waals surface area contributed by atoms with E-state index >= 15 is 0 Å². The number of hydrogen-bond donors (Lipinski definition) is 1. The summed E-state index contributed by atoms with van der Waals surface area (Å²) in [5.74, 6) is 0.638. The highest BCUT2D eigenvalue weighted by Crippen LogP contribution is 2.39. The van der Waals surface area contributed by atoms with Gasteiger partial charge in [0.05, 0.1) is 35.0 Å². The van der Waals surface area contributed by atoms with Crippen molar-refractivity contribution in [2.24, 2.45) is 0 Å². The van der Waals surface area contributed by atoms with Crippen LogP contribution in [0.4, 0.5) is 5.69 Å². The molecule has 1 saturated heterocycles. The van der Waals surface area contributed by atoms with Gasteiger partial charge in [0, 0.05) is 36.8 Å². The van der Waals surface area contributed by atoms with E-state index in [0.717, 1.165) is 30.9 Å². The maximum absolute atomic E-state index is 9.11. The van der Waals surface area contributed by atoms with Crippen molar-refractivity contribution in [3.63, 3.8) is 0 Å². The van der Waals surface area contributed by atoms with E-state index in [9.17, 15) is 0 Å². The van der Waals surface area contributed by atoms with E-state index in [4.69, 9.17) is 38.3 Å². The van der Waals surface area contributed by atoms with Gasteiger partial charge in [0.25, 0.3) is 0 Å². The van der Waals surface area contributed by atoms with Gasteiger partial charge >= 0.3 is 0 Å². The van der Waals surface area contributed by atoms with Crippen molar-refractivity contribution >= 4 is 28.9 Å². The second kappa shape index (κ2) is 11.1. The summed E-state index contributed by atoms with van der Waals surface area (Å²) in [5, 5.41) is 19.4. The van der Waals surface area contributed by atoms with E-state index in [0.29, 0.717) is 21.4 Å². The van der Waals surface area contributed by atoms with Crippen LogP contribution in [0, 0.1) is 11.3 Å². The summed E-state index contributed by atoms with van der Waals surface area (Å²) in [7, 11) is 0. The largest absolute Gasteiger partial charge is 0.491 e. The molecule has 7 heteroatoms. The average molecular weight is 496 g/mol. The third-order valence-corrected chi connectivity index (χ3v) is 6.88. The molecule has 176 valence electrons. The topological polar surface area (TPSA) is 59.7 Å². The van der Waals surface area contributed by atoms with Gasteiger partial charge in [0.1, 0.15) is 12.4 Å². The van der Waals surface area contributed by atoms with E-state index in [1.54, 1.807) is 6.07 Å². The molecule has 34 heavy (non-hydrogen) atoms. The van der Waals surface area contributed by atoms with Gasteiger partial charge in [-0.3, -0.25) is 4.90 Å². The third kappa shape index (κ3) is 5.48. The Balaban J connectivity index is 1.61. The molecule has 0 bridgehead atoms. The number of rotatable bonds is 7. The summed E-state index contributed by atoms with van der Waals surface area (Å²) >= 11 is 12.9. The van der Waals surface area contributed by atoms with Crippen molar-refractivity contribution in [1.82, 2.24) is 4.90 Å². The Morgan fingerprint density at radius 3 is 2.44 bits per heavy atom. The highest BCUT2D eigenvalue weighted by Gasteiger charge is 2.32. The molecular formula is C27H27Cl2N3O2. The first-order valence-corrected chi connectivity index (χ1v) is 12.0. The smallest absolute Gasteiger partial charge is 0.121 e. The van der Waals surface area contributed by atoms with Crippen molar-refractivity contribution < 1.29 is 9.84 Å². The molecule has 3 aromatic carbocycles. The van der Waals surface area contributed by atoms with Crippen LogP contribution in [0.3, 0.4) is 0 Å². The van der Waals surface area contributed by atoms with Crippen molar-refractivity contribution in [3.05, 3.63) is 93.5 Å². The van der Waals surface area contributed by atoms with E-state index in [1.165, 1.54) is 5.56 Å². The summed E-state index contributed by atoms with van der Waals surface area (Å²) in [6.07, 6.45) is 0. The molecule has 1 heterocycles. The molecule has 1 aliphatic heterocycles. The van der Waals surface area contributed by atoms with Gasteiger partial charge in [0.2, 0.25) is 0 Å². The van der Waals surface area contributed by atoms with Gasteiger partial charge in [-0.25, -0.2) is 0 Å². The number of aliphatic hydroxyl groups is 1. The monoisotopic (exact) mass is 495 g/mol. The van der Waals surface area contributed by atoms with Gasteiger partial charge in [-0.05, 0) is 54.4 Å². The highest BCUT2D eigenvalue weighted by atomic mass is 35.5. The molecule has 1 fully saturated rings. The summed E-state index contributed by atoms with van der Waals surface area (Å²) in [4.78, 5) is 4.80. The average Bonchev–Trinajstić information content (AvgIpc) is 2.87. The lowest BCUT2D eigenvalue weighted by Gasteiger charge is -2.45. The molecular weight excluding hydrogens is 469 g/mol. The summed E-state index contributed by atoms with van der Waals surface area (Å²) < 4.78 is 5.52. The lowest BCUT2D eigenvalue weighted by atomic mass is 9.98. The Hall–Kier alpha value is -2.75. The van der Waals surface area contributed by atoms with Crippen LogP contribution >= 0.6 is 23.2 Å². The molecule has 2 atom stereocenters. The summed E-state index contributed by atoms with van der Waals surface area (Å²) in [5.41, 5.74) is 3.97. The Morgan fingerprint density at radius 2 is 1.79 bits per heavy atom. The quantitative estimate of drug-likeness (QED) is 0.444. The van der Waals surface area contributed by atoms with Crippen LogP contribution in [0.15, 0.2) is 66.7 Å². The van der Waals surface area contributed by atoms with E-state index in [1.807, 2.05) is 48.5 Å². The van der Waals surface area contributed by atoms with Gasteiger partial charge in [-0.15, -0.1) is 0 Å². The van der Waals surface area contributed by atoms with Crippen LogP contribution in [0.1, 0.15) is 35.7 Å². The minimum atomic E-state index is -0.0443. The first kappa shape index (κ1) is 24.4. The Labute approximate surface area is 210 Å². The minimum Gasteiger partial charge on any atom is -0.491 e. The van der Waals surface area contributed by atoms with Crippen LogP contribution in [-0.4, -0.2) is 42.9 Å². The fourth-order valence-electron chi connectivity index (χ4n) is 4.44. The number of benzene rings is 3. The maximum Gasteiger partial charge on any atom is 0.121 e. The fraction of sp³-hybridized carbons (Fsp3) is 0.296. The van der Waals surface area contributed by atoms with Crippen molar-refractivity contribution in [3.8, 4) is 11.8 Å². The number of nitriles is 1. The SMILES string of the molecule is C[C@@H](c1ccc(C#N)cc1)N1CCN(c2ccc(OCCO)cc2Cl)[C@H](c2ccc(Cl)cc2)C1. The molecule has 4 rings (SSSR count). The zero-order valence-electron chi connectivity index (χ0n) is 19.0. The number of aliphatic hydroxyl groups excluding tert-OH is 1. The zero-order valence-corrected chi connectivity index (χ0v) is 20.5. The Bertz CT molecular complexity index is 1150. The number of nitrogens with zero attached hydrogens (tertiary/aromatic N) is 3. The molecule has 0 unspecified atom stereocenters. The van der Waals surface area contributed by atoms with Crippen molar-refractivity contribution in [1.29, 1.82) is 5.26 Å². The van der Waals surface area contributed by atoms with Crippen molar-refractivity contribution in [2.45, 2.75) is 19.0 Å². The lowest BCUT2D eigenvalue weighted by Crippen LogP contribution is -2.49. The number of ether oxygens (including phenoxy) is 1. The number of piperazine rings is 1. The minimum absolute atomic E-state index is 0.0443. The van der Waals surface area contributed by atoms with E-state index < -0.39 is 0 Å². The van der Waals surface area contributed by atoms with Crippen LogP contribution in [0.5, 0.6) is 5.75 Å². The fourth-order valence-corrected chi connectivity index (χ4v) is 4.84. The Morgan fingerprint density at radius 1 is 1.06 bits per heavy atom. The maximum atomic E-state index is 9.11. The second-order valence-electron chi connectivity index (χ2n) is 8.35. The molecule has 1 aliphatic rings. The van der Waals surface area contributed by atoms with E-state index in [2.05, 4.69) is 34.9 Å². The van der Waals surface area contributed by atoms with Gasteiger partial charge < -0.3 is 14.7 Å². The van der Waals surface area contributed by atoms with Crippen LogP contribution in [0.2, 0.25) is 10.0 Å². The van der Waals surface area contributed by atoms with Gasteiger partial charge in [-0.2, -0.15) is 5.26 Å². The molecule has 1 N–H and O–H groups in total. The number of hydrogen-bond acceptors (Lipinski definition) is 5. The standard InChI is InChI=1S/C27H27Cl2N3O2/c1-19(21-4-2-20(17-30)3-5-21)31-12-13-32(27(18-31)22-6-8-23(28)9-7-22)26-11-10-24(16-25(26)29)34-15-14-33/h2-11,16,19,27,33H,12-15,18H2,1H3/t19-,27-/m0/s1. The zero-order chi connectivity index (χ0) is 24.1. The number of anilines is 1. The highest BCUT2D eigenvalue weighted by molar-refractivity contribution is 6.33. The molecule has 0 aliphatic carbocycles. The second-order valence-corrected chi connectivity index (χ2v) is 9.19. The molecule has 5 nitrogen and oxygen atoms in total. The van der Waals surface area contributed by atoms with Crippen LogP contribution in [-0.2, 0) is 0 Å². The van der Waals surface area contributed by atoms with Crippen LogP contribution in [0.25, 0.3) is 0 Å². The van der Waals surface area contributed by atoms with Gasteiger partial charge in [-0.1, -0.05) is 47.5 Å². The predicted octanol–water partition coefficient (Wildman–Crippen LogP) is 5.86. The van der Waals surface area contributed by atoms with Crippen LogP contribution < -0.4 is 9.64 Å². The molecule has 3 aromatic rings. The van der Waals surface area contributed by atoms with E-state index in [-0.39, 0.29) is 25.3 Å². The summed E-state index contributed by atoms with van der Waals surface area (Å²) in [6.45, 7) is 4.86. The predicted molar refractivity (Wildman–Crippen MR) is 137 cm³/mol. The third-order valence-electron chi connectivity index (χ3n) is 6.33. The molecule has 0 amide bonds. The first-order chi connectivity index (χ1) is 16.5. The Kier molecular flexibility index (Phi) is 7.97. The molecule has 0 radical (unpaired) electrons. The molecule has 0 saturated carbocycles. The first-order valence-electron chi connectivity index (χ1n) is 11.3. The molecule has 0 aromatic heterocycles. The van der Waals surface area contributed by atoms with Gasteiger partial charge in [0.15, 0.2) is 0 Å². The number of halogens is 2. The summed E-state index contributed by atoms with van der Waals surface area (Å²) in [6, 6.07) is 24.0. The normalized spacial score (nSPS) is 17.3. The lowest BCUT2D eigenvalue weighted by molar-refractivity contribution is 0.171. The van der Waals surface area contributed by atoms with Crippen molar-refractivity contribution in [2.75, 3.05) is 37.7 Å².